The number of unbranched alkanes of at least 4 members (excludes halogenated alkanes) is 1. The molecule has 5 heteroatoms. The molecule has 2 saturated heterocycles. The van der Waals surface area contributed by atoms with Gasteiger partial charge >= 0.3 is 0 Å². The number of nitrogens with zero attached hydrogens (tertiary/aromatic N) is 2. The summed E-state index contributed by atoms with van der Waals surface area (Å²) >= 11 is 1.91. The maximum absolute atomic E-state index is 13.2. The van der Waals surface area contributed by atoms with E-state index in [2.05, 4.69) is 23.6 Å². The van der Waals surface area contributed by atoms with Crippen LogP contribution < -0.4 is 0 Å². The van der Waals surface area contributed by atoms with Crippen LogP contribution in [0.5, 0.6) is 0 Å². The second-order valence-corrected chi connectivity index (χ2v) is 9.65. The number of hydrogen-bond acceptors (Lipinski definition) is 3. The summed E-state index contributed by atoms with van der Waals surface area (Å²) in [7, 11) is 0. The maximum Gasteiger partial charge on any atom is 0.254 e. The molecule has 1 aromatic carbocycles. The molecule has 2 fully saturated rings. The Balaban J connectivity index is 1.65. The predicted octanol–water partition coefficient (Wildman–Crippen LogP) is 4.72. The molecule has 2 aliphatic heterocycles. The largest absolute Gasteiger partial charge is 0.342 e. The highest BCUT2D eigenvalue weighted by Gasteiger charge is 2.47. The number of carbonyl (C=O) groups is 2. The smallest absolute Gasteiger partial charge is 0.254 e. The number of piperidine rings is 1. The molecule has 0 saturated carbocycles. The second-order valence-electron chi connectivity index (χ2n) is 8.19. The average molecular weight is 403 g/mol. The number of benzene rings is 1. The van der Waals surface area contributed by atoms with Crippen molar-refractivity contribution in [1.82, 2.24) is 9.80 Å². The molecule has 0 N–H and O–H groups in total. The van der Waals surface area contributed by atoms with Crippen LogP contribution in [0, 0.1) is 12.8 Å². The van der Waals surface area contributed by atoms with Gasteiger partial charge in [-0.05, 0) is 44.7 Å². The van der Waals surface area contributed by atoms with Crippen LogP contribution >= 0.6 is 11.8 Å². The third-order valence-electron chi connectivity index (χ3n) is 6.33. The van der Waals surface area contributed by atoms with Crippen LogP contribution in [0.1, 0.15) is 68.3 Å². The lowest BCUT2D eigenvalue weighted by molar-refractivity contribution is -0.137. The molecule has 28 heavy (non-hydrogen) atoms. The van der Waals surface area contributed by atoms with Crippen LogP contribution in [0.3, 0.4) is 0 Å². The number of amides is 2. The first-order valence-corrected chi connectivity index (χ1v) is 11.8. The van der Waals surface area contributed by atoms with Crippen LogP contribution in [-0.4, -0.2) is 51.9 Å². The summed E-state index contributed by atoms with van der Waals surface area (Å²) in [6, 6.07) is 7.89. The monoisotopic (exact) mass is 402 g/mol. The molecule has 154 valence electrons. The zero-order valence-corrected chi connectivity index (χ0v) is 18.4. The molecule has 0 aromatic heterocycles. The van der Waals surface area contributed by atoms with Gasteiger partial charge in [-0.15, -0.1) is 11.8 Å². The minimum Gasteiger partial charge on any atom is -0.342 e. The van der Waals surface area contributed by atoms with Crippen LogP contribution in [-0.2, 0) is 4.79 Å². The standard InChI is InChI=1S/C23H34N2O2S/c1-4-6-7-19(5-2)21(26)24-14-12-23(13-15-24)25(16-17-28-23)22(27)20-10-8-18(3)9-11-20/h8-11,19H,4-7,12-17H2,1-3H3/t19-/m1/s1. The fourth-order valence-corrected chi connectivity index (χ4v) is 5.90. The minimum absolute atomic E-state index is 0.135. The van der Waals surface area contributed by atoms with E-state index in [4.69, 9.17) is 0 Å². The van der Waals surface area contributed by atoms with Gasteiger partial charge in [0.15, 0.2) is 0 Å². The molecular formula is C23H34N2O2S. The Morgan fingerprint density at radius 3 is 2.39 bits per heavy atom. The first kappa shape index (κ1) is 21.2. The van der Waals surface area contributed by atoms with E-state index >= 15 is 0 Å². The van der Waals surface area contributed by atoms with Gasteiger partial charge in [0.05, 0.1) is 4.87 Å². The second kappa shape index (κ2) is 9.34. The number of carbonyl (C=O) groups excluding carboxylic acids is 2. The van der Waals surface area contributed by atoms with E-state index in [0.29, 0.717) is 5.91 Å². The first-order valence-electron chi connectivity index (χ1n) is 10.8. The number of hydrogen-bond donors (Lipinski definition) is 0. The van der Waals surface area contributed by atoms with E-state index in [1.165, 1.54) is 5.56 Å². The zero-order valence-electron chi connectivity index (χ0n) is 17.6. The molecular weight excluding hydrogens is 368 g/mol. The predicted molar refractivity (Wildman–Crippen MR) is 117 cm³/mol. The van der Waals surface area contributed by atoms with Crippen molar-refractivity contribution < 1.29 is 9.59 Å². The van der Waals surface area contributed by atoms with E-state index < -0.39 is 0 Å². The lowest BCUT2D eigenvalue weighted by Gasteiger charge is -2.44. The zero-order chi connectivity index (χ0) is 20.1. The Morgan fingerprint density at radius 1 is 1.11 bits per heavy atom. The third kappa shape index (κ3) is 4.40. The van der Waals surface area contributed by atoms with E-state index in [9.17, 15) is 9.59 Å². The summed E-state index contributed by atoms with van der Waals surface area (Å²) in [5.41, 5.74) is 1.94. The normalized spacial score (nSPS) is 19.8. The number of thioether (sulfide) groups is 1. The van der Waals surface area contributed by atoms with Gasteiger partial charge < -0.3 is 9.80 Å². The summed E-state index contributed by atoms with van der Waals surface area (Å²) in [6.07, 6.45) is 5.94. The van der Waals surface area contributed by atoms with Crippen LogP contribution in [0.4, 0.5) is 0 Å². The summed E-state index contributed by atoms with van der Waals surface area (Å²) in [4.78, 5) is 30.1. The SMILES string of the molecule is CCCC[C@@H](CC)C(=O)N1CCC2(CC1)SCCN2C(=O)c1ccc(C)cc1. The van der Waals surface area contributed by atoms with Gasteiger partial charge in [-0.2, -0.15) is 0 Å². The van der Waals surface area contributed by atoms with Crippen molar-refractivity contribution in [2.75, 3.05) is 25.4 Å². The Hall–Kier alpha value is -1.49. The highest BCUT2D eigenvalue weighted by atomic mass is 32.2. The number of likely N-dealkylation sites (tertiary alicyclic amines) is 1. The van der Waals surface area contributed by atoms with Gasteiger partial charge in [-0.3, -0.25) is 9.59 Å². The van der Waals surface area contributed by atoms with Gasteiger partial charge in [0.25, 0.3) is 5.91 Å². The van der Waals surface area contributed by atoms with Crippen molar-refractivity contribution in [3.8, 4) is 0 Å². The molecule has 0 bridgehead atoms. The minimum atomic E-state index is -0.135. The molecule has 1 aromatic rings. The van der Waals surface area contributed by atoms with E-state index in [1.807, 2.05) is 43.0 Å². The summed E-state index contributed by atoms with van der Waals surface area (Å²) in [6.45, 7) is 8.69. The molecule has 0 radical (unpaired) electrons. The lowest BCUT2D eigenvalue weighted by atomic mass is 9.95. The summed E-state index contributed by atoms with van der Waals surface area (Å²) in [5, 5.41) is 0. The highest BCUT2D eigenvalue weighted by molar-refractivity contribution is 8.00. The van der Waals surface area contributed by atoms with E-state index in [0.717, 1.165) is 69.5 Å². The first-order chi connectivity index (χ1) is 13.5. The van der Waals surface area contributed by atoms with E-state index in [-0.39, 0.29) is 16.7 Å². The third-order valence-corrected chi connectivity index (χ3v) is 7.88. The van der Waals surface area contributed by atoms with Gasteiger partial charge in [0, 0.05) is 36.9 Å². The Morgan fingerprint density at radius 2 is 1.79 bits per heavy atom. The number of rotatable bonds is 6. The van der Waals surface area contributed by atoms with Gasteiger partial charge in [0.1, 0.15) is 0 Å². The maximum atomic E-state index is 13.2. The van der Waals surface area contributed by atoms with Crippen molar-refractivity contribution >= 4 is 23.6 Å². The van der Waals surface area contributed by atoms with Gasteiger partial charge in [-0.1, -0.05) is 44.4 Å². The summed E-state index contributed by atoms with van der Waals surface area (Å²) < 4.78 is 0. The fourth-order valence-electron chi connectivity index (χ4n) is 4.45. The quantitative estimate of drug-likeness (QED) is 0.691. The molecule has 2 heterocycles. The molecule has 2 aliphatic rings. The van der Waals surface area contributed by atoms with Crippen molar-refractivity contribution in [2.45, 2.75) is 64.2 Å². The lowest BCUT2D eigenvalue weighted by Crippen LogP contribution is -2.54. The molecule has 3 rings (SSSR count). The number of aryl methyl sites for hydroxylation is 1. The van der Waals surface area contributed by atoms with Crippen LogP contribution in [0.25, 0.3) is 0 Å². The molecule has 1 spiro atoms. The molecule has 1 atom stereocenters. The van der Waals surface area contributed by atoms with Crippen LogP contribution in [0.2, 0.25) is 0 Å². The average Bonchev–Trinajstić information content (AvgIpc) is 3.12. The fraction of sp³-hybridized carbons (Fsp3) is 0.652. The van der Waals surface area contributed by atoms with Crippen LogP contribution in [0.15, 0.2) is 24.3 Å². The molecule has 0 aliphatic carbocycles. The molecule has 0 unspecified atom stereocenters. The van der Waals surface area contributed by atoms with E-state index in [1.54, 1.807) is 0 Å². The topological polar surface area (TPSA) is 40.6 Å². The van der Waals surface area contributed by atoms with Gasteiger partial charge in [0.2, 0.25) is 5.91 Å². The highest BCUT2D eigenvalue weighted by Crippen LogP contribution is 2.44. The Bertz CT molecular complexity index is 680. The summed E-state index contributed by atoms with van der Waals surface area (Å²) in [5.74, 6) is 1.61. The molecule has 2 amide bonds. The Kier molecular flexibility index (Phi) is 7.08. The van der Waals surface area contributed by atoms with Crippen molar-refractivity contribution in [2.24, 2.45) is 5.92 Å². The van der Waals surface area contributed by atoms with Crippen molar-refractivity contribution in [3.63, 3.8) is 0 Å². The molecule has 4 nitrogen and oxygen atoms in total. The van der Waals surface area contributed by atoms with Crippen molar-refractivity contribution in [1.29, 1.82) is 0 Å². The van der Waals surface area contributed by atoms with Gasteiger partial charge in [-0.25, -0.2) is 0 Å². The van der Waals surface area contributed by atoms with Crippen molar-refractivity contribution in [3.05, 3.63) is 35.4 Å². The Labute approximate surface area is 174 Å².